The molecule has 7 nitrogen and oxygen atoms in total. The topological polar surface area (TPSA) is 100 Å². The molecule has 2 N–H and O–H groups in total. The Morgan fingerprint density at radius 3 is 2.21 bits per heavy atom. The molecule has 1 aromatic heterocycles. The standard InChI is InChI=1S/C26H30N4O3S/c1-6-17(2)21-14-18(26(3,4)5)15-24(30-28-22-12-7-8-13-23(22)29-30)25(21)33-34(31,32)20-11-9-10-19(27)16-20/h7-17H,6,27H2,1-5H3. The van der Waals surface area contributed by atoms with Crippen molar-refractivity contribution in [1.82, 2.24) is 15.0 Å². The van der Waals surface area contributed by atoms with Crippen molar-refractivity contribution in [2.45, 2.75) is 57.3 Å². The molecule has 8 heteroatoms. The van der Waals surface area contributed by atoms with E-state index < -0.39 is 10.1 Å². The van der Waals surface area contributed by atoms with Gasteiger partial charge >= 0.3 is 10.1 Å². The summed E-state index contributed by atoms with van der Waals surface area (Å²) >= 11 is 0. The van der Waals surface area contributed by atoms with Crippen LogP contribution in [0.25, 0.3) is 16.7 Å². The molecule has 0 aliphatic rings. The van der Waals surface area contributed by atoms with Gasteiger partial charge in [-0.3, -0.25) is 0 Å². The van der Waals surface area contributed by atoms with Crippen molar-refractivity contribution < 1.29 is 12.6 Å². The highest BCUT2D eigenvalue weighted by atomic mass is 32.2. The summed E-state index contributed by atoms with van der Waals surface area (Å²) in [6, 6.07) is 17.5. The number of benzene rings is 3. The Labute approximate surface area is 200 Å². The van der Waals surface area contributed by atoms with Gasteiger partial charge in [0.1, 0.15) is 21.6 Å². The fourth-order valence-corrected chi connectivity index (χ4v) is 4.71. The van der Waals surface area contributed by atoms with Crippen molar-refractivity contribution in [2.75, 3.05) is 5.73 Å². The van der Waals surface area contributed by atoms with Gasteiger partial charge in [-0.05, 0) is 59.7 Å². The predicted octanol–water partition coefficient (Wildman–Crippen LogP) is 5.58. The number of nitrogen functional groups attached to an aromatic ring is 1. The zero-order chi connectivity index (χ0) is 24.7. The van der Waals surface area contributed by atoms with Gasteiger partial charge in [0, 0.05) is 11.3 Å². The zero-order valence-corrected chi connectivity index (χ0v) is 20.9. The van der Waals surface area contributed by atoms with Crippen LogP contribution in [0.15, 0.2) is 65.6 Å². The van der Waals surface area contributed by atoms with Crippen LogP contribution in [0, 0.1) is 0 Å². The molecule has 0 radical (unpaired) electrons. The van der Waals surface area contributed by atoms with Crippen LogP contribution >= 0.6 is 0 Å². The first-order valence-electron chi connectivity index (χ1n) is 11.3. The molecule has 0 aliphatic carbocycles. The lowest BCUT2D eigenvalue weighted by molar-refractivity contribution is 0.474. The maximum atomic E-state index is 13.3. The van der Waals surface area contributed by atoms with Crippen LogP contribution in [0.5, 0.6) is 5.75 Å². The van der Waals surface area contributed by atoms with Gasteiger partial charge in [0.25, 0.3) is 0 Å². The van der Waals surface area contributed by atoms with Gasteiger partial charge in [-0.25, -0.2) is 0 Å². The molecule has 4 aromatic rings. The second kappa shape index (κ2) is 8.76. The minimum absolute atomic E-state index is 0.00737. The Morgan fingerprint density at radius 2 is 1.65 bits per heavy atom. The van der Waals surface area contributed by atoms with Crippen LogP contribution in [0.1, 0.15) is 58.1 Å². The molecule has 0 saturated heterocycles. The first-order chi connectivity index (χ1) is 16.0. The first-order valence-corrected chi connectivity index (χ1v) is 12.7. The number of rotatable bonds is 6. The number of hydrogen-bond acceptors (Lipinski definition) is 6. The molecule has 1 atom stereocenters. The molecule has 34 heavy (non-hydrogen) atoms. The highest BCUT2D eigenvalue weighted by Crippen LogP contribution is 2.40. The molecule has 1 unspecified atom stereocenters. The van der Waals surface area contributed by atoms with Crippen molar-refractivity contribution in [3.63, 3.8) is 0 Å². The second-order valence-corrected chi connectivity index (χ2v) is 11.1. The highest BCUT2D eigenvalue weighted by Gasteiger charge is 2.28. The fraction of sp³-hybridized carbons (Fsp3) is 0.308. The Kier molecular flexibility index (Phi) is 6.12. The first kappa shape index (κ1) is 23.8. The van der Waals surface area contributed by atoms with E-state index in [4.69, 9.17) is 9.92 Å². The summed E-state index contributed by atoms with van der Waals surface area (Å²) in [7, 11) is -4.16. The quantitative estimate of drug-likeness (QED) is 0.287. The lowest BCUT2D eigenvalue weighted by atomic mass is 9.83. The monoisotopic (exact) mass is 478 g/mol. The van der Waals surface area contributed by atoms with E-state index >= 15 is 0 Å². The molecule has 0 amide bonds. The zero-order valence-electron chi connectivity index (χ0n) is 20.1. The minimum Gasteiger partial charge on any atom is -0.399 e. The summed E-state index contributed by atoms with van der Waals surface area (Å²) in [4.78, 5) is 1.46. The molecule has 0 fully saturated rings. The minimum atomic E-state index is -4.16. The van der Waals surface area contributed by atoms with E-state index in [0.29, 0.717) is 22.4 Å². The average molecular weight is 479 g/mol. The number of fused-ring (bicyclic) bond motifs is 1. The van der Waals surface area contributed by atoms with Crippen molar-refractivity contribution in [3.8, 4) is 11.4 Å². The lowest BCUT2D eigenvalue weighted by Crippen LogP contribution is -2.18. The molecule has 178 valence electrons. The van der Waals surface area contributed by atoms with Gasteiger partial charge in [0.2, 0.25) is 0 Å². The van der Waals surface area contributed by atoms with E-state index in [9.17, 15) is 8.42 Å². The van der Waals surface area contributed by atoms with E-state index in [0.717, 1.165) is 17.5 Å². The number of hydrogen-bond donors (Lipinski definition) is 1. The lowest BCUT2D eigenvalue weighted by Gasteiger charge is -2.25. The van der Waals surface area contributed by atoms with Crippen molar-refractivity contribution in [1.29, 1.82) is 0 Å². The van der Waals surface area contributed by atoms with Gasteiger partial charge in [-0.1, -0.05) is 58.9 Å². The maximum absolute atomic E-state index is 13.3. The Balaban J connectivity index is 1.99. The highest BCUT2D eigenvalue weighted by molar-refractivity contribution is 7.87. The summed E-state index contributed by atoms with van der Waals surface area (Å²) in [5, 5.41) is 9.24. The van der Waals surface area contributed by atoms with Crippen molar-refractivity contribution in [3.05, 3.63) is 71.8 Å². The number of nitrogens with two attached hydrogens (primary N) is 1. The molecule has 0 saturated carbocycles. The van der Waals surface area contributed by atoms with Gasteiger partial charge in [0.15, 0.2) is 5.75 Å². The maximum Gasteiger partial charge on any atom is 0.339 e. The molecule has 4 rings (SSSR count). The summed E-state index contributed by atoms with van der Waals surface area (Å²) < 4.78 is 32.5. The molecule has 0 bridgehead atoms. The summed E-state index contributed by atoms with van der Waals surface area (Å²) in [5.74, 6) is 0.266. The molecular weight excluding hydrogens is 448 g/mol. The van der Waals surface area contributed by atoms with Crippen LogP contribution in [0.3, 0.4) is 0 Å². The van der Waals surface area contributed by atoms with Crippen molar-refractivity contribution in [2.24, 2.45) is 0 Å². The third-order valence-corrected chi connectivity index (χ3v) is 7.17. The van der Waals surface area contributed by atoms with Crippen LogP contribution in [-0.4, -0.2) is 23.4 Å². The van der Waals surface area contributed by atoms with Gasteiger partial charge in [-0.15, -0.1) is 15.0 Å². The van der Waals surface area contributed by atoms with Crippen LogP contribution in [0.2, 0.25) is 0 Å². The van der Waals surface area contributed by atoms with E-state index in [1.807, 2.05) is 36.4 Å². The largest absolute Gasteiger partial charge is 0.399 e. The second-order valence-electron chi connectivity index (χ2n) is 9.56. The normalized spacial score (nSPS) is 13.2. The van der Waals surface area contributed by atoms with Crippen LogP contribution in [-0.2, 0) is 15.5 Å². The number of anilines is 1. The van der Waals surface area contributed by atoms with Gasteiger partial charge in [0.05, 0.1) is 0 Å². The van der Waals surface area contributed by atoms with Crippen LogP contribution < -0.4 is 9.92 Å². The van der Waals surface area contributed by atoms with Crippen LogP contribution in [0.4, 0.5) is 5.69 Å². The Morgan fingerprint density at radius 1 is 1.00 bits per heavy atom. The summed E-state index contributed by atoms with van der Waals surface area (Å²) in [6.07, 6.45) is 0.802. The molecule has 1 heterocycles. The Hall–Kier alpha value is -3.39. The smallest absolute Gasteiger partial charge is 0.339 e. The fourth-order valence-electron chi connectivity index (χ4n) is 3.69. The third kappa shape index (κ3) is 4.63. The molecule has 3 aromatic carbocycles. The summed E-state index contributed by atoms with van der Waals surface area (Å²) in [6.45, 7) is 10.5. The van der Waals surface area contributed by atoms with E-state index in [1.54, 1.807) is 12.1 Å². The molecule has 0 spiro atoms. The van der Waals surface area contributed by atoms with E-state index in [1.165, 1.54) is 16.9 Å². The number of nitrogens with zero attached hydrogens (tertiary/aromatic N) is 3. The molecular formula is C26H30N4O3S. The molecule has 0 aliphatic heterocycles. The van der Waals surface area contributed by atoms with E-state index in [2.05, 4.69) is 44.8 Å². The number of aromatic nitrogens is 3. The average Bonchev–Trinajstić information content (AvgIpc) is 3.21. The van der Waals surface area contributed by atoms with E-state index in [-0.39, 0.29) is 22.0 Å². The predicted molar refractivity (Wildman–Crippen MR) is 135 cm³/mol. The Bertz CT molecular complexity index is 1420. The van der Waals surface area contributed by atoms with Crippen molar-refractivity contribution >= 4 is 26.8 Å². The SMILES string of the molecule is CCC(C)c1cc(C(C)(C)C)cc(-n2nc3ccccc3n2)c1OS(=O)(=O)c1cccc(N)c1. The summed E-state index contributed by atoms with van der Waals surface area (Å²) in [5.41, 5.74) is 9.71. The van der Waals surface area contributed by atoms with Gasteiger partial charge < -0.3 is 9.92 Å². The van der Waals surface area contributed by atoms with Gasteiger partial charge in [-0.2, -0.15) is 8.42 Å². The third-order valence-electron chi connectivity index (χ3n) is 5.95.